The van der Waals surface area contributed by atoms with Gasteiger partial charge in [0.1, 0.15) is 11.5 Å². The second kappa shape index (κ2) is 19.0. The van der Waals surface area contributed by atoms with Crippen molar-refractivity contribution in [1.29, 1.82) is 0 Å². The van der Waals surface area contributed by atoms with E-state index in [4.69, 9.17) is 10.3 Å². The summed E-state index contributed by atoms with van der Waals surface area (Å²) < 4.78 is 45.5. The number of phenolic OH excluding ortho intramolecular Hbond substituents is 2. The number of sulfonamides is 2. The van der Waals surface area contributed by atoms with Gasteiger partial charge in [0.15, 0.2) is 23.0 Å². The van der Waals surface area contributed by atoms with Crippen LogP contribution in [-0.4, -0.2) is 61.9 Å². The van der Waals surface area contributed by atoms with E-state index in [2.05, 4.69) is 31.7 Å². The number of primary sulfonamides is 2. The molecule has 0 aromatic heterocycles. The number of rotatable bonds is 12. The van der Waals surface area contributed by atoms with Crippen molar-refractivity contribution in [2.45, 2.75) is 23.6 Å². The Labute approximate surface area is 313 Å². The summed E-state index contributed by atoms with van der Waals surface area (Å²) in [6, 6.07) is 23.3. The molecule has 0 spiro atoms. The normalized spacial score (nSPS) is 11.5. The van der Waals surface area contributed by atoms with Gasteiger partial charge in [-0.3, -0.25) is 30.0 Å². The van der Waals surface area contributed by atoms with Crippen molar-refractivity contribution in [3.8, 4) is 11.5 Å². The molecule has 2 amide bonds. The van der Waals surface area contributed by atoms with Crippen LogP contribution in [0.1, 0.15) is 13.8 Å². The molecular weight excluding hydrogens is 779 g/mol. The molecule has 0 aliphatic rings. The van der Waals surface area contributed by atoms with E-state index in [1.807, 2.05) is 0 Å². The molecule has 0 atom stereocenters. The number of anilines is 4. The summed E-state index contributed by atoms with van der Waals surface area (Å²) in [7, 11) is -8.00. The van der Waals surface area contributed by atoms with Gasteiger partial charge in [0, 0.05) is 42.0 Å². The third-order valence-corrected chi connectivity index (χ3v) is 8.15. The van der Waals surface area contributed by atoms with Gasteiger partial charge in [0.05, 0.1) is 21.2 Å². The van der Waals surface area contributed by atoms with Crippen LogP contribution in [0.5, 0.6) is 11.5 Å². The smallest absolute Gasteiger partial charge is 0.279 e. The van der Waals surface area contributed by atoms with Gasteiger partial charge in [0.2, 0.25) is 20.0 Å². The number of amides is 2. The Hall–Kier alpha value is -5.97. The number of nitrogens with zero attached hydrogens (tertiary/aromatic N) is 2. The summed E-state index contributed by atoms with van der Waals surface area (Å²) in [5.41, 5.74) is 4.35. The number of phenols is 2. The number of para-hydroxylation sites is 2. The molecule has 0 aliphatic heterocycles. The molecule has 18 nitrogen and oxygen atoms in total. The second-order valence-electron chi connectivity index (χ2n) is 10.3. The zero-order valence-electron chi connectivity index (χ0n) is 27.6. The number of carbonyl (C=O) groups is 4. The molecule has 0 heterocycles. The molecular formula is C32H32CoN8O10S2. The summed E-state index contributed by atoms with van der Waals surface area (Å²) in [6.07, 6.45) is 0. The van der Waals surface area contributed by atoms with Crippen LogP contribution in [0.25, 0.3) is 0 Å². The number of hydrogen-bond donors (Lipinski definition) is 8. The molecule has 4 rings (SSSR count). The fraction of sp³-hybridized carbons (Fsp3) is 0.0625. The third kappa shape index (κ3) is 13.3. The summed E-state index contributed by atoms with van der Waals surface area (Å²) in [4.78, 5) is 47.3. The van der Waals surface area contributed by atoms with Gasteiger partial charge in [-0.1, -0.05) is 36.4 Å². The largest absolute Gasteiger partial charge is 0.506 e. The number of hydrazone groups is 2. The molecule has 1 radical (unpaired) electrons. The van der Waals surface area contributed by atoms with Gasteiger partial charge >= 0.3 is 0 Å². The molecule has 4 aromatic rings. The van der Waals surface area contributed by atoms with E-state index in [0.29, 0.717) is 11.4 Å². The quantitative estimate of drug-likeness (QED) is 0.0442. The Kier molecular flexibility index (Phi) is 15.5. The average Bonchev–Trinajstić information content (AvgIpc) is 3.06. The Morgan fingerprint density at radius 2 is 0.887 bits per heavy atom. The van der Waals surface area contributed by atoms with Crippen molar-refractivity contribution < 1.29 is 63.0 Å². The Balaban J connectivity index is 0.000000360. The van der Waals surface area contributed by atoms with E-state index in [1.165, 1.54) is 0 Å². The molecule has 0 saturated carbocycles. The predicted octanol–water partition coefficient (Wildman–Crippen LogP) is 2.07. The van der Waals surface area contributed by atoms with E-state index < -0.39 is 54.9 Å². The molecule has 53 heavy (non-hydrogen) atoms. The molecule has 4 aromatic carbocycles. The van der Waals surface area contributed by atoms with Crippen LogP contribution in [0.3, 0.4) is 0 Å². The first kappa shape index (κ1) is 43.2. The minimum Gasteiger partial charge on any atom is -0.506 e. The standard InChI is InChI=1S/2C16H16N4O5S.Co/c2*1-10(21)15(16(23)18-11-5-3-2-4-6-11)20-19-13-9-12(26(17,24)25)7-8-14(13)22;/h2*2-9,19,22H,1H3,(H,18,23)(H2,17,24,25);/b2*20-15-;. The topological polar surface area (TPSA) is 302 Å². The molecule has 0 fully saturated rings. The fourth-order valence-electron chi connectivity index (χ4n) is 3.80. The van der Waals surface area contributed by atoms with Gasteiger partial charge in [0.25, 0.3) is 11.8 Å². The monoisotopic (exact) mass is 811 g/mol. The minimum absolute atomic E-state index is 0. The van der Waals surface area contributed by atoms with Crippen LogP contribution in [-0.2, 0) is 56.0 Å². The predicted molar refractivity (Wildman–Crippen MR) is 193 cm³/mol. The molecule has 0 saturated heterocycles. The third-order valence-electron chi connectivity index (χ3n) is 6.33. The van der Waals surface area contributed by atoms with Gasteiger partial charge in [-0.2, -0.15) is 10.2 Å². The first-order valence-corrected chi connectivity index (χ1v) is 17.6. The summed E-state index contributed by atoms with van der Waals surface area (Å²) in [5.74, 6) is -3.47. The number of carbonyl (C=O) groups excluding carboxylic acids is 4. The van der Waals surface area contributed by atoms with Crippen LogP contribution >= 0.6 is 0 Å². The van der Waals surface area contributed by atoms with Crippen LogP contribution in [0.15, 0.2) is 117 Å². The molecule has 21 heteroatoms. The summed E-state index contributed by atoms with van der Waals surface area (Å²) in [6.45, 7) is 2.29. The number of benzene rings is 4. The van der Waals surface area contributed by atoms with Gasteiger partial charge in [-0.15, -0.1) is 0 Å². The van der Waals surface area contributed by atoms with E-state index >= 15 is 0 Å². The van der Waals surface area contributed by atoms with Crippen molar-refractivity contribution in [3.05, 3.63) is 97.1 Å². The van der Waals surface area contributed by atoms with E-state index in [1.54, 1.807) is 60.7 Å². The fourth-order valence-corrected chi connectivity index (χ4v) is 4.88. The summed E-state index contributed by atoms with van der Waals surface area (Å²) >= 11 is 0. The van der Waals surface area contributed by atoms with Crippen molar-refractivity contribution in [3.63, 3.8) is 0 Å². The van der Waals surface area contributed by atoms with Crippen LogP contribution in [0.4, 0.5) is 22.7 Å². The Bertz CT molecular complexity index is 2110. The second-order valence-corrected chi connectivity index (χ2v) is 13.5. The van der Waals surface area contributed by atoms with E-state index in [9.17, 15) is 46.2 Å². The Morgan fingerprint density at radius 3 is 1.17 bits per heavy atom. The summed E-state index contributed by atoms with van der Waals surface area (Å²) in [5, 5.41) is 42.0. The van der Waals surface area contributed by atoms with Crippen LogP contribution in [0, 0.1) is 0 Å². The molecule has 0 bridgehead atoms. The van der Waals surface area contributed by atoms with Crippen LogP contribution in [0.2, 0.25) is 0 Å². The zero-order chi connectivity index (χ0) is 38.6. The number of Topliss-reactive ketones (excluding diaryl/α,β-unsaturated/α-hetero) is 2. The minimum atomic E-state index is -4.00. The van der Waals surface area contributed by atoms with Crippen molar-refractivity contribution in [2.24, 2.45) is 20.5 Å². The SMILES string of the molecule is CC(=O)/C(=N/Nc1cc(S(N)(=O)=O)ccc1O)C(=O)Nc1ccccc1.CC(=O)/C(=N/Nc1cc(S(N)(=O)=O)ccc1O)C(=O)Nc1ccccc1.[Co]. The van der Waals surface area contributed by atoms with Gasteiger partial charge < -0.3 is 20.8 Å². The maximum atomic E-state index is 12.2. The molecule has 0 unspecified atom stereocenters. The van der Waals surface area contributed by atoms with Gasteiger partial charge in [-0.25, -0.2) is 27.1 Å². The first-order chi connectivity index (χ1) is 24.4. The number of aromatic hydroxyl groups is 2. The van der Waals surface area contributed by atoms with E-state index in [-0.39, 0.29) is 49.4 Å². The number of hydrogen-bond acceptors (Lipinski definition) is 14. The van der Waals surface area contributed by atoms with E-state index in [0.717, 1.165) is 50.2 Å². The average molecular weight is 812 g/mol. The van der Waals surface area contributed by atoms with Crippen molar-refractivity contribution in [1.82, 2.24) is 0 Å². The number of nitrogens with two attached hydrogens (primary N) is 2. The van der Waals surface area contributed by atoms with Crippen molar-refractivity contribution in [2.75, 3.05) is 21.5 Å². The maximum Gasteiger partial charge on any atom is 0.279 e. The Morgan fingerprint density at radius 1 is 0.566 bits per heavy atom. The van der Waals surface area contributed by atoms with Crippen molar-refractivity contribution >= 4 is 77.6 Å². The maximum absolute atomic E-state index is 12.2. The number of nitrogens with one attached hydrogen (secondary N) is 4. The number of ketones is 2. The van der Waals surface area contributed by atoms with Gasteiger partial charge in [-0.05, 0) is 60.7 Å². The molecule has 0 aliphatic carbocycles. The first-order valence-electron chi connectivity index (χ1n) is 14.5. The molecule has 10 N–H and O–H groups in total. The molecule has 281 valence electrons. The van der Waals surface area contributed by atoms with Crippen LogP contribution < -0.4 is 31.8 Å². The zero-order valence-corrected chi connectivity index (χ0v) is 30.3.